The van der Waals surface area contributed by atoms with E-state index in [-0.39, 0.29) is 18.3 Å². The Morgan fingerprint density at radius 1 is 1.00 bits per heavy atom. The van der Waals surface area contributed by atoms with Crippen LogP contribution in [0.5, 0.6) is 0 Å². The summed E-state index contributed by atoms with van der Waals surface area (Å²) in [6.07, 6.45) is 5.76. The second-order valence-corrected chi connectivity index (χ2v) is 7.09. The molecule has 0 aliphatic carbocycles. The lowest BCUT2D eigenvalue weighted by Crippen LogP contribution is -2.41. The zero-order chi connectivity index (χ0) is 15.1. The Hall–Kier alpha value is -1.07. The molecule has 0 spiro atoms. The monoisotopic (exact) mass is 288 g/mol. The third-order valence-corrected chi connectivity index (χ3v) is 4.98. The minimum absolute atomic E-state index is 0.302. The molecule has 1 aromatic heterocycles. The van der Waals surface area contributed by atoms with Gasteiger partial charge in [0, 0.05) is 24.7 Å². The Labute approximate surface area is 128 Å². The average Bonchev–Trinajstić information content (AvgIpc) is 2.69. The van der Waals surface area contributed by atoms with Gasteiger partial charge in [0.1, 0.15) is 5.82 Å². The summed E-state index contributed by atoms with van der Waals surface area (Å²) in [4.78, 5) is 6.97. The first kappa shape index (κ1) is 14.9. The molecule has 0 bridgehead atoms. The molecule has 4 nitrogen and oxygen atoms in total. The van der Waals surface area contributed by atoms with Crippen molar-refractivity contribution in [1.29, 1.82) is 0 Å². The largest absolute Gasteiger partial charge is 0.496 e. The quantitative estimate of drug-likeness (QED) is 0.783. The van der Waals surface area contributed by atoms with Gasteiger partial charge in [-0.25, -0.2) is 4.98 Å². The van der Waals surface area contributed by atoms with Crippen LogP contribution in [0.25, 0.3) is 0 Å². The molecule has 1 aromatic rings. The van der Waals surface area contributed by atoms with Crippen LogP contribution in [0.3, 0.4) is 0 Å². The van der Waals surface area contributed by atoms with Crippen molar-refractivity contribution in [3.8, 4) is 0 Å². The molecule has 2 aliphatic rings. The molecule has 3 rings (SSSR count). The predicted octanol–water partition coefficient (Wildman–Crippen LogP) is 2.37. The number of rotatable bonds is 2. The van der Waals surface area contributed by atoms with Crippen LogP contribution in [0.15, 0.2) is 18.3 Å². The highest BCUT2D eigenvalue weighted by Crippen LogP contribution is 2.36. The van der Waals surface area contributed by atoms with Gasteiger partial charge in [0.2, 0.25) is 0 Å². The van der Waals surface area contributed by atoms with Gasteiger partial charge < -0.3 is 14.2 Å². The highest BCUT2D eigenvalue weighted by molar-refractivity contribution is 6.62. The van der Waals surface area contributed by atoms with Crippen LogP contribution in [0, 0.1) is 0 Å². The zero-order valence-electron chi connectivity index (χ0n) is 13.6. The maximum absolute atomic E-state index is 6.06. The fourth-order valence-electron chi connectivity index (χ4n) is 2.83. The summed E-state index contributed by atoms with van der Waals surface area (Å²) < 4.78 is 12.1. The number of anilines is 1. The Bertz CT molecular complexity index is 480. The molecule has 5 heteroatoms. The van der Waals surface area contributed by atoms with Gasteiger partial charge in [-0.2, -0.15) is 0 Å². The van der Waals surface area contributed by atoms with Crippen molar-refractivity contribution in [3.63, 3.8) is 0 Å². The van der Waals surface area contributed by atoms with Crippen molar-refractivity contribution in [2.75, 3.05) is 18.0 Å². The number of aromatic nitrogens is 1. The van der Waals surface area contributed by atoms with E-state index in [2.05, 4.69) is 49.7 Å². The average molecular weight is 288 g/mol. The molecule has 0 N–H and O–H groups in total. The first-order valence-electron chi connectivity index (χ1n) is 7.96. The van der Waals surface area contributed by atoms with Crippen LogP contribution >= 0.6 is 0 Å². The molecule has 0 amide bonds. The summed E-state index contributed by atoms with van der Waals surface area (Å²) in [5.74, 6) is 1.06. The fraction of sp³-hybridized carbons (Fsp3) is 0.688. The van der Waals surface area contributed by atoms with E-state index < -0.39 is 0 Å². The molecule has 0 aromatic carbocycles. The Kier molecular flexibility index (Phi) is 3.74. The highest BCUT2D eigenvalue weighted by Gasteiger charge is 2.51. The fourth-order valence-corrected chi connectivity index (χ4v) is 2.83. The predicted molar refractivity (Wildman–Crippen MR) is 86.0 cm³/mol. The Morgan fingerprint density at radius 2 is 1.62 bits per heavy atom. The lowest BCUT2D eigenvalue weighted by molar-refractivity contribution is 0.00578. The zero-order valence-corrected chi connectivity index (χ0v) is 13.6. The van der Waals surface area contributed by atoms with Gasteiger partial charge in [0.15, 0.2) is 0 Å². The summed E-state index contributed by atoms with van der Waals surface area (Å²) in [6, 6.07) is 4.17. The van der Waals surface area contributed by atoms with Gasteiger partial charge in [-0.1, -0.05) is 6.07 Å². The van der Waals surface area contributed by atoms with Crippen molar-refractivity contribution < 1.29 is 9.31 Å². The first-order valence-corrected chi connectivity index (χ1v) is 7.96. The van der Waals surface area contributed by atoms with Crippen LogP contribution in [-0.4, -0.2) is 36.4 Å². The molecule has 3 heterocycles. The molecule has 0 unspecified atom stereocenters. The molecular weight excluding hydrogens is 263 g/mol. The normalized spacial score (nSPS) is 24.4. The van der Waals surface area contributed by atoms with Crippen molar-refractivity contribution in [2.45, 2.75) is 58.2 Å². The van der Waals surface area contributed by atoms with E-state index in [4.69, 9.17) is 9.31 Å². The second kappa shape index (κ2) is 5.29. The highest BCUT2D eigenvalue weighted by atomic mass is 16.7. The summed E-state index contributed by atoms with van der Waals surface area (Å²) in [6.45, 7) is 10.5. The van der Waals surface area contributed by atoms with Gasteiger partial charge in [-0.3, -0.25) is 0 Å². The SMILES string of the molecule is CC1(C)OB(c2ccc(N3CCCCC3)nc2)OC1(C)C. The maximum Gasteiger partial charge on any atom is 0.496 e. The smallest absolute Gasteiger partial charge is 0.399 e. The Morgan fingerprint density at radius 3 is 2.14 bits per heavy atom. The molecule has 0 saturated carbocycles. The van der Waals surface area contributed by atoms with E-state index >= 15 is 0 Å². The first-order chi connectivity index (χ1) is 9.89. The van der Waals surface area contributed by atoms with Gasteiger partial charge in [0.05, 0.1) is 11.2 Å². The molecular formula is C16H25BN2O2. The van der Waals surface area contributed by atoms with Crippen molar-refractivity contribution in [1.82, 2.24) is 4.98 Å². The molecule has 0 radical (unpaired) electrons. The van der Waals surface area contributed by atoms with E-state index in [0.717, 1.165) is 24.4 Å². The van der Waals surface area contributed by atoms with E-state index in [1.54, 1.807) is 0 Å². The van der Waals surface area contributed by atoms with Crippen LogP contribution in [0.4, 0.5) is 5.82 Å². The van der Waals surface area contributed by atoms with Crippen LogP contribution in [-0.2, 0) is 9.31 Å². The topological polar surface area (TPSA) is 34.6 Å². The standard InChI is InChI=1S/C16H25BN2O2/c1-15(2)16(3,4)21-17(20-15)13-8-9-14(18-12-13)19-10-6-5-7-11-19/h8-9,12H,5-7,10-11H2,1-4H3. The van der Waals surface area contributed by atoms with Crippen molar-refractivity contribution in [3.05, 3.63) is 18.3 Å². The second-order valence-electron chi connectivity index (χ2n) is 7.09. The number of pyridine rings is 1. The van der Waals surface area contributed by atoms with E-state index in [0.29, 0.717) is 0 Å². The molecule has 0 atom stereocenters. The number of hydrogen-bond acceptors (Lipinski definition) is 4. The van der Waals surface area contributed by atoms with E-state index in [1.807, 2.05) is 6.20 Å². The van der Waals surface area contributed by atoms with Gasteiger partial charge in [-0.15, -0.1) is 0 Å². The summed E-state index contributed by atoms with van der Waals surface area (Å²) in [5.41, 5.74) is 0.390. The number of nitrogens with zero attached hydrogens (tertiary/aromatic N) is 2. The van der Waals surface area contributed by atoms with Crippen LogP contribution in [0.2, 0.25) is 0 Å². The van der Waals surface area contributed by atoms with E-state index in [1.165, 1.54) is 19.3 Å². The summed E-state index contributed by atoms with van der Waals surface area (Å²) in [5, 5.41) is 0. The summed E-state index contributed by atoms with van der Waals surface area (Å²) >= 11 is 0. The lowest BCUT2D eigenvalue weighted by atomic mass is 9.80. The maximum atomic E-state index is 6.06. The number of piperidine rings is 1. The van der Waals surface area contributed by atoms with E-state index in [9.17, 15) is 0 Å². The van der Waals surface area contributed by atoms with Crippen molar-refractivity contribution in [2.24, 2.45) is 0 Å². The third-order valence-electron chi connectivity index (χ3n) is 4.98. The minimum atomic E-state index is -0.321. The minimum Gasteiger partial charge on any atom is -0.399 e. The lowest BCUT2D eigenvalue weighted by Gasteiger charge is -2.32. The van der Waals surface area contributed by atoms with Gasteiger partial charge in [0.25, 0.3) is 0 Å². The molecule has 114 valence electrons. The Balaban J connectivity index is 1.73. The molecule has 2 saturated heterocycles. The van der Waals surface area contributed by atoms with Gasteiger partial charge in [-0.05, 0) is 53.0 Å². The summed E-state index contributed by atoms with van der Waals surface area (Å²) in [7, 11) is -0.321. The molecule has 2 aliphatic heterocycles. The van der Waals surface area contributed by atoms with Crippen LogP contribution < -0.4 is 10.4 Å². The number of hydrogen-bond donors (Lipinski definition) is 0. The third kappa shape index (κ3) is 2.81. The van der Waals surface area contributed by atoms with Crippen molar-refractivity contribution >= 4 is 18.4 Å². The van der Waals surface area contributed by atoms with Crippen LogP contribution in [0.1, 0.15) is 47.0 Å². The molecule has 2 fully saturated rings. The molecule has 21 heavy (non-hydrogen) atoms. The van der Waals surface area contributed by atoms with Gasteiger partial charge >= 0.3 is 7.12 Å².